The Morgan fingerprint density at radius 1 is 1.00 bits per heavy atom. The van der Waals surface area contributed by atoms with Crippen LogP contribution in [-0.4, -0.2) is 24.1 Å². The highest BCUT2D eigenvalue weighted by Crippen LogP contribution is 2.16. The zero-order chi connectivity index (χ0) is 19.9. The summed E-state index contributed by atoms with van der Waals surface area (Å²) in [4.78, 5) is 26.4. The Hall–Kier alpha value is -3.34. The first kappa shape index (κ1) is 19.4. The molecule has 0 bridgehead atoms. The SMILES string of the molecule is CCCN(C)c1ccc(C(=O)Nc2ccc(Cn3ccccc3=O)cc2)cc1. The minimum Gasteiger partial charge on any atom is -0.375 e. The molecule has 3 aromatic rings. The molecule has 0 radical (unpaired) electrons. The first-order valence-electron chi connectivity index (χ1n) is 9.44. The standard InChI is InChI=1S/C23H25N3O2/c1-3-15-25(2)21-13-9-19(10-14-21)23(28)24-20-11-7-18(8-12-20)17-26-16-5-4-6-22(26)27/h4-14,16H,3,15,17H2,1-2H3,(H,24,28). The molecule has 0 aliphatic rings. The highest BCUT2D eigenvalue weighted by atomic mass is 16.1. The van der Waals surface area contributed by atoms with E-state index in [0.29, 0.717) is 12.1 Å². The molecule has 1 amide bonds. The lowest BCUT2D eigenvalue weighted by molar-refractivity contribution is 0.102. The molecule has 0 atom stereocenters. The predicted molar refractivity (Wildman–Crippen MR) is 114 cm³/mol. The Bertz CT molecular complexity index is 976. The number of amides is 1. The minimum absolute atomic E-state index is 0.0343. The Balaban J connectivity index is 1.63. The first-order valence-corrected chi connectivity index (χ1v) is 9.44. The molecule has 1 aromatic heterocycles. The van der Waals surface area contributed by atoms with Crippen LogP contribution in [0.3, 0.4) is 0 Å². The van der Waals surface area contributed by atoms with Crippen LogP contribution >= 0.6 is 0 Å². The Kier molecular flexibility index (Phi) is 6.27. The Morgan fingerprint density at radius 3 is 2.36 bits per heavy atom. The van der Waals surface area contributed by atoms with Crippen LogP contribution < -0.4 is 15.8 Å². The average Bonchev–Trinajstić information content (AvgIpc) is 2.71. The lowest BCUT2D eigenvalue weighted by atomic mass is 10.1. The molecule has 28 heavy (non-hydrogen) atoms. The number of benzene rings is 2. The molecule has 0 saturated heterocycles. The quantitative estimate of drug-likeness (QED) is 0.679. The summed E-state index contributed by atoms with van der Waals surface area (Å²) in [6, 6.07) is 20.2. The van der Waals surface area contributed by atoms with Crippen molar-refractivity contribution in [3.05, 3.63) is 94.4 Å². The second-order valence-electron chi connectivity index (χ2n) is 6.79. The van der Waals surface area contributed by atoms with Crippen LogP contribution in [0, 0.1) is 0 Å². The third kappa shape index (κ3) is 4.88. The summed E-state index contributed by atoms with van der Waals surface area (Å²) in [5, 5.41) is 2.91. The predicted octanol–water partition coefficient (Wildman–Crippen LogP) is 4.00. The van der Waals surface area contributed by atoms with Gasteiger partial charge in [0.15, 0.2) is 0 Å². The van der Waals surface area contributed by atoms with Crippen molar-refractivity contribution in [2.45, 2.75) is 19.9 Å². The molecule has 2 aromatic carbocycles. The number of carbonyl (C=O) groups is 1. The van der Waals surface area contributed by atoms with Gasteiger partial charge in [-0.2, -0.15) is 0 Å². The molecule has 1 N–H and O–H groups in total. The van der Waals surface area contributed by atoms with Gasteiger partial charge < -0.3 is 14.8 Å². The fourth-order valence-electron chi connectivity index (χ4n) is 3.02. The van der Waals surface area contributed by atoms with Gasteiger partial charge >= 0.3 is 0 Å². The molecular formula is C23H25N3O2. The third-order valence-corrected chi connectivity index (χ3v) is 4.59. The van der Waals surface area contributed by atoms with Crippen molar-refractivity contribution in [1.29, 1.82) is 0 Å². The third-order valence-electron chi connectivity index (χ3n) is 4.59. The molecule has 0 unspecified atom stereocenters. The summed E-state index contributed by atoms with van der Waals surface area (Å²) in [5.74, 6) is -0.142. The lowest BCUT2D eigenvalue weighted by Crippen LogP contribution is -2.18. The molecule has 0 aliphatic carbocycles. The summed E-state index contributed by atoms with van der Waals surface area (Å²) < 4.78 is 1.64. The average molecular weight is 375 g/mol. The van der Waals surface area contributed by atoms with Crippen molar-refractivity contribution in [3.8, 4) is 0 Å². The zero-order valence-electron chi connectivity index (χ0n) is 16.3. The number of carbonyl (C=O) groups excluding carboxylic acids is 1. The van der Waals surface area contributed by atoms with Gasteiger partial charge in [-0.05, 0) is 54.4 Å². The fraction of sp³-hybridized carbons (Fsp3) is 0.217. The maximum atomic E-state index is 12.5. The van der Waals surface area contributed by atoms with E-state index in [9.17, 15) is 9.59 Å². The number of pyridine rings is 1. The van der Waals surface area contributed by atoms with Crippen LogP contribution in [-0.2, 0) is 6.54 Å². The van der Waals surface area contributed by atoms with Crippen LogP contribution in [0.5, 0.6) is 0 Å². The molecule has 0 fully saturated rings. The van der Waals surface area contributed by atoms with E-state index in [2.05, 4.69) is 17.1 Å². The molecule has 144 valence electrons. The van der Waals surface area contributed by atoms with Gasteiger partial charge in [0, 0.05) is 42.8 Å². The maximum Gasteiger partial charge on any atom is 0.255 e. The second kappa shape index (κ2) is 9.04. The van der Waals surface area contributed by atoms with E-state index < -0.39 is 0 Å². The smallest absolute Gasteiger partial charge is 0.255 e. The van der Waals surface area contributed by atoms with Crippen LogP contribution in [0.2, 0.25) is 0 Å². The first-order chi connectivity index (χ1) is 13.6. The van der Waals surface area contributed by atoms with Crippen molar-refractivity contribution in [2.75, 3.05) is 23.8 Å². The van der Waals surface area contributed by atoms with E-state index in [1.807, 2.05) is 61.6 Å². The monoisotopic (exact) mass is 375 g/mol. The van der Waals surface area contributed by atoms with E-state index >= 15 is 0 Å². The van der Waals surface area contributed by atoms with E-state index in [1.165, 1.54) is 0 Å². The molecule has 0 spiro atoms. The Labute approximate surface area is 165 Å². The van der Waals surface area contributed by atoms with Crippen molar-refractivity contribution in [2.24, 2.45) is 0 Å². The van der Waals surface area contributed by atoms with E-state index in [4.69, 9.17) is 0 Å². The summed E-state index contributed by atoms with van der Waals surface area (Å²) in [6.45, 7) is 3.62. The van der Waals surface area contributed by atoms with Gasteiger partial charge in [-0.15, -0.1) is 0 Å². The number of hydrogen-bond acceptors (Lipinski definition) is 3. The van der Waals surface area contributed by atoms with Crippen molar-refractivity contribution in [3.63, 3.8) is 0 Å². The number of hydrogen-bond donors (Lipinski definition) is 1. The van der Waals surface area contributed by atoms with Gasteiger partial charge in [-0.1, -0.05) is 25.1 Å². The Morgan fingerprint density at radius 2 is 1.71 bits per heavy atom. The lowest BCUT2D eigenvalue weighted by Gasteiger charge is -2.18. The fourth-order valence-corrected chi connectivity index (χ4v) is 3.02. The molecule has 5 nitrogen and oxygen atoms in total. The summed E-state index contributed by atoms with van der Waals surface area (Å²) in [6.07, 6.45) is 2.84. The summed E-state index contributed by atoms with van der Waals surface area (Å²) in [7, 11) is 2.05. The molecule has 1 heterocycles. The number of aromatic nitrogens is 1. The summed E-state index contributed by atoms with van der Waals surface area (Å²) >= 11 is 0. The van der Waals surface area contributed by atoms with Gasteiger partial charge in [-0.25, -0.2) is 0 Å². The highest BCUT2D eigenvalue weighted by Gasteiger charge is 2.07. The van der Waals surface area contributed by atoms with Crippen LogP contribution in [0.1, 0.15) is 29.3 Å². The molecule has 0 saturated carbocycles. The van der Waals surface area contributed by atoms with Gasteiger partial charge in [0.1, 0.15) is 0 Å². The molecular weight excluding hydrogens is 350 g/mol. The highest BCUT2D eigenvalue weighted by molar-refractivity contribution is 6.04. The largest absolute Gasteiger partial charge is 0.375 e. The van der Waals surface area contributed by atoms with E-state index in [-0.39, 0.29) is 11.5 Å². The van der Waals surface area contributed by atoms with Crippen molar-refractivity contribution in [1.82, 2.24) is 4.57 Å². The van der Waals surface area contributed by atoms with Crippen molar-refractivity contribution >= 4 is 17.3 Å². The van der Waals surface area contributed by atoms with Gasteiger partial charge in [0.05, 0.1) is 6.54 Å². The van der Waals surface area contributed by atoms with Gasteiger partial charge in [0.2, 0.25) is 0 Å². The van der Waals surface area contributed by atoms with Crippen LogP contribution in [0.15, 0.2) is 77.7 Å². The summed E-state index contributed by atoms with van der Waals surface area (Å²) in [5.41, 5.74) is 3.40. The van der Waals surface area contributed by atoms with E-state index in [0.717, 1.165) is 29.9 Å². The number of nitrogens with one attached hydrogen (secondary N) is 1. The van der Waals surface area contributed by atoms with Gasteiger partial charge in [-0.3, -0.25) is 9.59 Å². The number of anilines is 2. The number of rotatable bonds is 7. The normalized spacial score (nSPS) is 10.5. The zero-order valence-corrected chi connectivity index (χ0v) is 16.3. The topological polar surface area (TPSA) is 54.3 Å². The minimum atomic E-state index is -0.142. The molecule has 3 rings (SSSR count). The van der Waals surface area contributed by atoms with Crippen LogP contribution in [0.4, 0.5) is 11.4 Å². The molecule has 5 heteroatoms. The number of nitrogens with zero attached hydrogens (tertiary/aromatic N) is 2. The van der Waals surface area contributed by atoms with Crippen LogP contribution in [0.25, 0.3) is 0 Å². The van der Waals surface area contributed by atoms with Gasteiger partial charge in [0.25, 0.3) is 11.5 Å². The van der Waals surface area contributed by atoms with E-state index in [1.54, 1.807) is 22.9 Å². The van der Waals surface area contributed by atoms with Crippen molar-refractivity contribution < 1.29 is 4.79 Å². The second-order valence-corrected chi connectivity index (χ2v) is 6.79. The maximum absolute atomic E-state index is 12.5. The molecule has 0 aliphatic heterocycles.